The van der Waals surface area contributed by atoms with Gasteiger partial charge in [0, 0.05) is 14.6 Å². The van der Waals surface area contributed by atoms with Gasteiger partial charge in [0.2, 0.25) is 0 Å². The Balaban J connectivity index is -0.0000000300. The molecule has 0 aliphatic carbocycles. The molecule has 0 aromatic rings. The smallest absolute Gasteiger partial charge is 0.0428 e. The maximum Gasteiger partial charge on any atom is 0.0428 e. The molecule has 0 amide bonds. The molecule has 0 rings (SSSR count). The number of hydrogen-bond donors (Lipinski definition) is 2. The van der Waals surface area contributed by atoms with Gasteiger partial charge < -0.3 is 15.7 Å². The highest BCUT2D eigenvalue weighted by atomic mass is 16.3. The molecule has 3 heteroatoms. The monoisotopic (exact) mass is 140 g/mol. The molecule has 0 aromatic carbocycles. The van der Waals surface area contributed by atoms with Crippen LogP contribution < -0.4 is 0 Å². The van der Waals surface area contributed by atoms with Gasteiger partial charge in [0.05, 0.1) is 0 Å². The van der Waals surface area contributed by atoms with Crippen LogP contribution in [-0.4, -0.2) is 28.9 Å². The molecule has 62 valence electrons. The van der Waals surface area contributed by atoms with E-state index in [2.05, 4.69) is 0 Å². The predicted octanol–water partition coefficient (Wildman–Crippen LogP) is 0.199. The molecular formula is C6H20O3. The molecule has 0 spiro atoms. The van der Waals surface area contributed by atoms with E-state index in [1.165, 1.54) is 0 Å². The van der Waals surface area contributed by atoms with Crippen LogP contribution in [0.5, 0.6) is 0 Å². The molecular weight excluding hydrogens is 120 g/mol. The van der Waals surface area contributed by atoms with Gasteiger partial charge in [-0.05, 0) is 12.8 Å². The van der Waals surface area contributed by atoms with Crippen LogP contribution in [0.3, 0.4) is 0 Å². The summed E-state index contributed by atoms with van der Waals surface area (Å²) in [5.74, 6) is 0. The van der Waals surface area contributed by atoms with Gasteiger partial charge in [-0.2, -0.15) is 0 Å². The molecule has 0 aliphatic heterocycles. The van der Waals surface area contributed by atoms with Crippen LogP contribution in [0.25, 0.3) is 0 Å². The van der Waals surface area contributed by atoms with Crippen molar-refractivity contribution in [3.63, 3.8) is 0 Å². The van der Waals surface area contributed by atoms with Crippen molar-refractivity contribution < 1.29 is 17.1 Å². The minimum atomic E-state index is 0. The lowest BCUT2D eigenvalue weighted by Gasteiger charge is -1.69. The first-order valence-electron chi connectivity index (χ1n) is 3.05. The summed E-state index contributed by atoms with van der Waals surface area (Å²) in [6.45, 7) is 4.50. The van der Waals surface area contributed by atoms with Crippen LogP contribution in [0, 0.1) is 0 Å². The summed E-state index contributed by atoms with van der Waals surface area (Å²) in [7, 11) is 0. The van der Waals surface area contributed by atoms with Gasteiger partial charge >= 0.3 is 0 Å². The van der Waals surface area contributed by atoms with E-state index in [4.69, 9.17) is 10.2 Å². The number of rotatable bonds is 2. The van der Waals surface area contributed by atoms with Gasteiger partial charge in [-0.25, -0.2) is 0 Å². The highest BCUT2D eigenvalue weighted by Crippen LogP contribution is 1.61. The van der Waals surface area contributed by atoms with Crippen LogP contribution >= 0.6 is 0 Å². The Hall–Kier alpha value is -0.120. The summed E-state index contributed by atoms with van der Waals surface area (Å²) in [4.78, 5) is 0. The highest BCUT2D eigenvalue weighted by molar-refractivity contribution is 4.10. The molecule has 0 saturated heterocycles. The fourth-order valence-electron chi connectivity index (χ4n) is 0. The second-order valence-electron chi connectivity index (χ2n) is 1.45. The zero-order valence-electron chi connectivity index (χ0n) is 6.22. The molecule has 0 unspecified atom stereocenters. The molecule has 0 bridgehead atoms. The minimum absolute atomic E-state index is 0. The molecule has 0 fully saturated rings. The van der Waals surface area contributed by atoms with Gasteiger partial charge in [-0.1, -0.05) is 13.8 Å². The maximum atomic E-state index is 7.88. The molecule has 0 aliphatic rings. The van der Waals surface area contributed by atoms with Crippen molar-refractivity contribution in [3.8, 4) is 0 Å². The summed E-state index contributed by atoms with van der Waals surface area (Å²) >= 11 is 0. The van der Waals surface area contributed by atoms with Crippen LogP contribution in [0.1, 0.15) is 28.1 Å². The van der Waals surface area contributed by atoms with Crippen molar-refractivity contribution in [2.24, 2.45) is 0 Å². The molecule has 0 radical (unpaired) electrons. The third kappa shape index (κ3) is 77.1. The van der Waals surface area contributed by atoms with E-state index in [0.717, 1.165) is 12.8 Å². The Labute approximate surface area is 58.1 Å². The van der Waals surface area contributed by atoms with Crippen LogP contribution in [0.15, 0.2) is 0 Å². The second kappa shape index (κ2) is 24.8. The van der Waals surface area contributed by atoms with Crippen LogP contribution in [-0.2, 0) is 0 Å². The van der Waals surface area contributed by atoms with Crippen molar-refractivity contribution in [3.05, 3.63) is 0 Å². The van der Waals surface area contributed by atoms with Crippen molar-refractivity contribution in [1.29, 1.82) is 0 Å². The number of hydrogen-bond acceptors (Lipinski definition) is 2. The first kappa shape index (κ1) is 15.9. The van der Waals surface area contributed by atoms with Gasteiger partial charge in [-0.15, -0.1) is 0 Å². The Morgan fingerprint density at radius 1 is 1.00 bits per heavy atom. The normalized spacial score (nSPS) is 6.67. The third-order valence-corrected chi connectivity index (χ3v) is 0.447. The fourth-order valence-corrected chi connectivity index (χ4v) is 0. The Kier molecular flexibility index (Phi) is 43.9. The fraction of sp³-hybridized carbons (Fsp3) is 1.00. The first-order valence-corrected chi connectivity index (χ1v) is 3.05. The summed E-state index contributed by atoms with van der Waals surface area (Å²) in [5, 5.41) is 15.8. The van der Waals surface area contributed by atoms with E-state index >= 15 is 0 Å². The van der Waals surface area contributed by atoms with E-state index in [-0.39, 0.29) is 6.90 Å². The van der Waals surface area contributed by atoms with Crippen LogP contribution in [0.4, 0.5) is 0 Å². The average molecular weight is 140 g/mol. The average Bonchev–Trinajstić information content (AvgIpc) is 1.88. The van der Waals surface area contributed by atoms with Gasteiger partial charge in [0.15, 0.2) is 0 Å². The van der Waals surface area contributed by atoms with Crippen molar-refractivity contribution in [2.75, 3.05) is 13.2 Å². The number of aliphatic hydroxyl groups excluding tert-OH is 2. The first-order chi connectivity index (χ1) is 3.83. The third-order valence-electron chi connectivity index (χ3n) is 0.447. The van der Waals surface area contributed by atoms with Gasteiger partial charge in [-0.3, -0.25) is 0 Å². The molecule has 4 N–H and O–H groups in total. The van der Waals surface area contributed by atoms with Crippen molar-refractivity contribution >= 4 is 0 Å². The minimum Gasteiger partial charge on any atom is -0.412 e. The SMILES string of the molecule is CCCO.CCCO.O.[HH]. The van der Waals surface area contributed by atoms with E-state index in [1.807, 2.05) is 13.8 Å². The summed E-state index contributed by atoms with van der Waals surface area (Å²) < 4.78 is 0. The topological polar surface area (TPSA) is 72.0 Å². The van der Waals surface area contributed by atoms with E-state index < -0.39 is 0 Å². The Morgan fingerprint density at radius 3 is 1.11 bits per heavy atom. The lowest BCUT2D eigenvalue weighted by atomic mass is 10.5. The zero-order valence-corrected chi connectivity index (χ0v) is 6.22. The summed E-state index contributed by atoms with van der Waals surface area (Å²) in [6, 6.07) is 0. The largest absolute Gasteiger partial charge is 0.412 e. The van der Waals surface area contributed by atoms with E-state index in [1.54, 1.807) is 0 Å². The molecule has 0 atom stereocenters. The van der Waals surface area contributed by atoms with Gasteiger partial charge in [0.25, 0.3) is 0 Å². The zero-order chi connectivity index (χ0) is 6.83. The number of aliphatic hydroxyl groups is 2. The predicted molar refractivity (Wildman–Crippen MR) is 40.5 cm³/mol. The van der Waals surface area contributed by atoms with E-state index in [0.29, 0.717) is 13.2 Å². The molecule has 3 nitrogen and oxygen atoms in total. The van der Waals surface area contributed by atoms with Crippen LogP contribution in [0.2, 0.25) is 0 Å². The molecule has 0 aromatic heterocycles. The molecule has 9 heavy (non-hydrogen) atoms. The highest BCUT2D eigenvalue weighted by Gasteiger charge is 1.57. The lowest BCUT2D eigenvalue weighted by molar-refractivity contribution is 0.294. The van der Waals surface area contributed by atoms with E-state index in [9.17, 15) is 0 Å². The van der Waals surface area contributed by atoms with Gasteiger partial charge in [0.1, 0.15) is 0 Å². The van der Waals surface area contributed by atoms with Crippen molar-refractivity contribution in [2.45, 2.75) is 26.7 Å². The Morgan fingerprint density at radius 2 is 1.11 bits per heavy atom. The summed E-state index contributed by atoms with van der Waals surface area (Å²) in [6.07, 6.45) is 1.75. The second-order valence-corrected chi connectivity index (χ2v) is 1.45. The quantitative estimate of drug-likeness (QED) is 0.575. The standard InChI is InChI=1S/2C3H8O.H2O.H2/c2*1-2-3-4;;/h2*4H,2-3H2,1H3;1H2;1H. The summed E-state index contributed by atoms with van der Waals surface area (Å²) in [5.41, 5.74) is 0. The molecule has 0 heterocycles. The Bertz CT molecular complexity index is 21.0. The lowest BCUT2D eigenvalue weighted by Crippen LogP contribution is -1.69. The maximum absolute atomic E-state index is 7.88. The molecule has 0 saturated carbocycles. The van der Waals surface area contributed by atoms with Crippen molar-refractivity contribution in [1.82, 2.24) is 0 Å².